The molecule has 0 saturated carbocycles. The molecule has 2 fully saturated rings. The molecule has 2 N–H and O–H groups in total. The Morgan fingerprint density at radius 3 is 3.00 bits per heavy atom. The van der Waals surface area contributed by atoms with E-state index in [4.69, 9.17) is 26.1 Å². The fourth-order valence-corrected chi connectivity index (χ4v) is 3.97. The van der Waals surface area contributed by atoms with Crippen molar-refractivity contribution in [3.63, 3.8) is 0 Å². The molecule has 0 radical (unpaired) electrons. The highest BCUT2D eigenvalue weighted by molar-refractivity contribution is 14.0. The third-order valence-electron chi connectivity index (χ3n) is 5.21. The Labute approximate surface area is 190 Å². The van der Waals surface area contributed by atoms with Crippen LogP contribution in [0.25, 0.3) is 0 Å². The number of nitrogens with zero attached hydrogens (tertiary/aromatic N) is 2. The maximum Gasteiger partial charge on any atom is 0.191 e. The third kappa shape index (κ3) is 6.64. The van der Waals surface area contributed by atoms with E-state index in [9.17, 15) is 0 Å². The van der Waals surface area contributed by atoms with Crippen molar-refractivity contribution in [2.75, 3.05) is 46.4 Å². The van der Waals surface area contributed by atoms with E-state index in [0.29, 0.717) is 12.6 Å². The smallest absolute Gasteiger partial charge is 0.191 e. The molecule has 0 bridgehead atoms. The van der Waals surface area contributed by atoms with Gasteiger partial charge in [0, 0.05) is 30.7 Å². The van der Waals surface area contributed by atoms with Gasteiger partial charge in [0.25, 0.3) is 0 Å². The van der Waals surface area contributed by atoms with Gasteiger partial charge >= 0.3 is 0 Å². The molecule has 28 heavy (non-hydrogen) atoms. The molecule has 6 nitrogen and oxygen atoms in total. The van der Waals surface area contributed by atoms with Crippen molar-refractivity contribution in [3.05, 3.63) is 28.8 Å². The van der Waals surface area contributed by atoms with Crippen LogP contribution in [-0.4, -0.2) is 69.4 Å². The topological polar surface area (TPSA) is 58.1 Å². The first-order valence-electron chi connectivity index (χ1n) is 9.90. The highest BCUT2D eigenvalue weighted by Crippen LogP contribution is 2.23. The summed E-state index contributed by atoms with van der Waals surface area (Å²) >= 11 is 6.32. The van der Waals surface area contributed by atoms with Gasteiger partial charge < -0.3 is 20.1 Å². The Morgan fingerprint density at radius 1 is 1.39 bits per heavy atom. The first-order valence-corrected chi connectivity index (χ1v) is 10.3. The lowest BCUT2D eigenvalue weighted by Crippen LogP contribution is -2.47. The van der Waals surface area contributed by atoms with Gasteiger partial charge in [0.05, 0.1) is 26.4 Å². The molecule has 2 aliphatic rings. The number of hydrogen-bond donors (Lipinski definition) is 2. The molecule has 1 aromatic rings. The predicted octanol–water partition coefficient (Wildman–Crippen LogP) is 2.93. The van der Waals surface area contributed by atoms with Crippen LogP contribution in [0.1, 0.15) is 25.3 Å². The summed E-state index contributed by atoms with van der Waals surface area (Å²) in [6.07, 6.45) is 3.57. The molecule has 3 rings (SSSR count). The second-order valence-electron chi connectivity index (χ2n) is 7.10. The summed E-state index contributed by atoms with van der Waals surface area (Å²) in [4.78, 5) is 7.27. The van der Waals surface area contributed by atoms with E-state index in [1.807, 2.05) is 18.2 Å². The van der Waals surface area contributed by atoms with Crippen LogP contribution in [0.2, 0.25) is 5.02 Å². The molecule has 0 aliphatic carbocycles. The lowest BCUT2D eigenvalue weighted by atomic mass is 10.1. The maximum absolute atomic E-state index is 6.32. The fraction of sp³-hybridized carbons (Fsp3) is 0.650. The molecule has 2 heterocycles. The Kier molecular flexibility index (Phi) is 10.1. The zero-order valence-corrected chi connectivity index (χ0v) is 19.8. The fourth-order valence-electron chi connectivity index (χ4n) is 3.70. The Bertz CT molecular complexity index is 647. The van der Waals surface area contributed by atoms with E-state index < -0.39 is 0 Å². The van der Waals surface area contributed by atoms with Crippen LogP contribution in [0, 0.1) is 0 Å². The molecule has 1 aromatic carbocycles. The number of rotatable bonds is 7. The molecule has 0 amide bonds. The van der Waals surface area contributed by atoms with Gasteiger partial charge in [-0.05, 0) is 50.4 Å². The van der Waals surface area contributed by atoms with Gasteiger partial charge in [-0.3, -0.25) is 9.89 Å². The van der Waals surface area contributed by atoms with Gasteiger partial charge in [-0.1, -0.05) is 17.7 Å². The molecule has 2 saturated heterocycles. The summed E-state index contributed by atoms with van der Waals surface area (Å²) in [5.41, 5.74) is 1.09. The van der Waals surface area contributed by atoms with E-state index in [0.717, 1.165) is 55.0 Å². The highest BCUT2D eigenvalue weighted by Gasteiger charge is 2.31. The minimum atomic E-state index is 0. The third-order valence-corrected chi connectivity index (χ3v) is 5.56. The quantitative estimate of drug-likeness (QED) is 0.328. The van der Waals surface area contributed by atoms with Crippen LogP contribution in [0.5, 0.6) is 5.75 Å². The second kappa shape index (κ2) is 12.0. The minimum absolute atomic E-state index is 0. The lowest BCUT2D eigenvalue weighted by Gasteiger charge is -2.34. The van der Waals surface area contributed by atoms with Crippen LogP contribution in [0.15, 0.2) is 23.2 Å². The monoisotopic (exact) mass is 522 g/mol. The summed E-state index contributed by atoms with van der Waals surface area (Å²) in [6.45, 7) is 7.39. The van der Waals surface area contributed by atoms with Crippen molar-refractivity contribution in [2.24, 2.45) is 4.99 Å². The number of halogens is 2. The summed E-state index contributed by atoms with van der Waals surface area (Å²) < 4.78 is 11.2. The van der Waals surface area contributed by atoms with E-state index in [2.05, 4.69) is 22.5 Å². The average molecular weight is 523 g/mol. The standard InChI is InChI=1S/C20H31ClN4O2.HI/c1-3-22-20(23-9-8-15-6-7-17(26-2)11-19(15)21)24-12-18-13-25-10-4-5-16(25)14-27-18;/h6-7,11,16,18H,3-5,8-10,12-14H2,1-2H3,(H2,22,23,24);1H. The minimum Gasteiger partial charge on any atom is -0.497 e. The number of methoxy groups -OCH3 is 1. The Hall–Kier alpha value is -0.770. The molecule has 0 aromatic heterocycles. The molecule has 2 atom stereocenters. The van der Waals surface area contributed by atoms with E-state index >= 15 is 0 Å². The number of nitrogens with one attached hydrogen (secondary N) is 2. The highest BCUT2D eigenvalue weighted by atomic mass is 127. The van der Waals surface area contributed by atoms with Crippen molar-refractivity contribution in [2.45, 2.75) is 38.3 Å². The van der Waals surface area contributed by atoms with Gasteiger partial charge in [0.2, 0.25) is 0 Å². The predicted molar refractivity (Wildman–Crippen MR) is 125 cm³/mol. The van der Waals surface area contributed by atoms with Gasteiger partial charge in [-0.15, -0.1) is 24.0 Å². The number of hydrogen-bond acceptors (Lipinski definition) is 4. The lowest BCUT2D eigenvalue weighted by molar-refractivity contribution is -0.0432. The van der Waals surface area contributed by atoms with Crippen molar-refractivity contribution < 1.29 is 9.47 Å². The second-order valence-corrected chi connectivity index (χ2v) is 7.51. The summed E-state index contributed by atoms with van der Waals surface area (Å²) in [6, 6.07) is 6.43. The van der Waals surface area contributed by atoms with Crippen LogP contribution < -0.4 is 15.4 Å². The first kappa shape index (κ1) is 23.5. The van der Waals surface area contributed by atoms with E-state index in [-0.39, 0.29) is 30.1 Å². The molecule has 2 aliphatic heterocycles. The maximum atomic E-state index is 6.32. The molecular weight excluding hydrogens is 491 g/mol. The van der Waals surface area contributed by atoms with Crippen molar-refractivity contribution >= 4 is 41.5 Å². The number of morpholine rings is 1. The van der Waals surface area contributed by atoms with Crippen molar-refractivity contribution in [1.29, 1.82) is 0 Å². The molecular formula is C20H32ClIN4O2. The summed E-state index contributed by atoms with van der Waals surface area (Å²) in [5.74, 6) is 1.61. The first-order chi connectivity index (χ1) is 13.2. The average Bonchev–Trinajstić information content (AvgIpc) is 3.15. The number of guanidine groups is 1. The van der Waals surface area contributed by atoms with Gasteiger partial charge in [0.15, 0.2) is 5.96 Å². The normalized spacial score (nSPS) is 22.3. The van der Waals surface area contributed by atoms with Crippen LogP contribution >= 0.6 is 35.6 Å². The van der Waals surface area contributed by atoms with Crippen LogP contribution in [0.4, 0.5) is 0 Å². The van der Waals surface area contributed by atoms with Gasteiger partial charge in [-0.2, -0.15) is 0 Å². The molecule has 8 heteroatoms. The zero-order valence-electron chi connectivity index (χ0n) is 16.7. The summed E-state index contributed by atoms with van der Waals surface area (Å²) in [5, 5.41) is 7.43. The SMILES string of the molecule is CCNC(=NCC1CN2CCCC2CO1)NCCc1ccc(OC)cc1Cl.I. The van der Waals surface area contributed by atoms with Crippen LogP contribution in [-0.2, 0) is 11.2 Å². The number of ether oxygens (including phenoxy) is 2. The largest absolute Gasteiger partial charge is 0.497 e. The van der Waals surface area contributed by atoms with Crippen LogP contribution in [0.3, 0.4) is 0 Å². The van der Waals surface area contributed by atoms with Crippen molar-refractivity contribution in [3.8, 4) is 5.75 Å². The molecule has 158 valence electrons. The number of benzene rings is 1. The molecule has 0 spiro atoms. The number of fused-ring (bicyclic) bond motifs is 1. The Balaban J connectivity index is 0.00000280. The number of aliphatic imine (C=N–C) groups is 1. The zero-order chi connectivity index (χ0) is 19.1. The van der Waals surface area contributed by atoms with E-state index in [1.165, 1.54) is 19.4 Å². The van der Waals surface area contributed by atoms with E-state index in [1.54, 1.807) is 7.11 Å². The van der Waals surface area contributed by atoms with Gasteiger partial charge in [0.1, 0.15) is 5.75 Å². The summed E-state index contributed by atoms with van der Waals surface area (Å²) in [7, 11) is 1.64. The molecule has 2 unspecified atom stereocenters. The van der Waals surface area contributed by atoms with Gasteiger partial charge in [-0.25, -0.2) is 0 Å². The Morgan fingerprint density at radius 2 is 2.25 bits per heavy atom. The van der Waals surface area contributed by atoms with Crippen molar-refractivity contribution in [1.82, 2.24) is 15.5 Å².